The van der Waals surface area contributed by atoms with Gasteiger partial charge in [0, 0.05) is 35.4 Å². The van der Waals surface area contributed by atoms with Gasteiger partial charge in [-0.3, -0.25) is 4.98 Å². The van der Waals surface area contributed by atoms with E-state index in [0.29, 0.717) is 0 Å². The first-order valence-electron chi connectivity index (χ1n) is 7.86. The van der Waals surface area contributed by atoms with Gasteiger partial charge in [0.15, 0.2) is 0 Å². The molecule has 4 rings (SSSR count). The SMILES string of the molecule is Cc1ccc(-c2nc(C3CC(F)(F)C3)cc3ccccc23)cc1. The maximum absolute atomic E-state index is 13.2. The van der Waals surface area contributed by atoms with Gasteiger partial charge in [-0.2, -0.15) is 0 Å². The molecule has 0 saturated heterocycles. The summed E-state index contributed by atoms with van der Waals surface area (Å²) in [6, 6.07) is 18.2. The molecule has 0 unspecified atom stereocenters. The quantitative estimate of drug-likeness (QED) is 0.589. The number of hydrogen-bond acceptors (Lipinski definition) is 1. The lowest BCUT2D eigenvalue weighted by Crippen LogP contribution is -2.34. The fourth-order valence-electron chi connectivity index (χ4n) is 3.23. The number of halogens is 2. The third kappa shape index (κ3) is 2.61. The standard InChI is InChI=1S/C20H17F2N/c1-13-6-8-14(9-7-13)19-17-5-3-2-4-15(17)10-18(23-19)16-11-20(21,22)12-16/h2-10,16H,11-12H2,1H3. The van der Waals surface area contributed by atoms with Crippen LogP contribution in [-0.4, -0.2) is 10.9 Å². The summed E-state index contributed by atoms with van der Waals surface area (Å²) in [5.74, 6) is -2.67. The number of hydrogen-bond donors (Lipinski definition) is 0. The third-order valence-corrected chi connectivity index (χ3v) is 4.59. The van der Waals surface area contributed by atoms with E-state index in [1.807, 2.05) is 49.4 Å². The van der Waals surface area contributed by atoms with Gasteiger partial charge in [0.1, 0.15) is 0 Å². The van der Waals surface area contributed by atoms with Gasteiger partial charge >= 0.3 is 0 Å². The predicted molar refractivity (Wildman–Crippen MR) is 88.8 cm³/mol. The van der Waals surface area contributed by atoms with E-state index in [1.54, 1.807) is 0 Å². The van der Waals surface area contributed by atoms with Crippen LogP contribution in [0.3, 0.4) is 0 Å². The highest BCUT2D eigenvalue weighted by Crippen LogP contribution is 2.48. The molecule has 1 aliphatic rings. The van der Waals surface area contributed by atoms with Crippen LogP contribution < -0.4 is 0 Å². The van der Waals surface area contributed by atoms with Crippen LogP contribution in [0.5, 0.6) is 0 Å². The van der Waals surface area contributed by atoms with Crippen molar-refractivity contribution >= 4 is 10.8 Å². The van der Waals surface area contributed by atoms with Crippen LogP contribution in [0, 0.1) is 6.92 Å². The van der Waals surface area contributed by atoms with Gasteiger partial charge < -0.3 is 0 Å². The smallest absolute Gasteiger partial charge is 0.249 e. The molecule has 23 heavy (non-hydrogen) atoms. The Morgan fingerprint density at radius 1 is 1.00 bits per heavy atom. The highest BCUT2D eigenvalue weighted by molar-refractivity contribution is 5.94. The molecule has 116 valence electrons. The minimum Gasteiger partial charge on any atom is -0.252 e. The van der Waals surface area contributed by atoms with Gasteiger partial charge in [0.25, 0.3) is 0 Å². The van der Waals surface area contributed by atoms with Crippen molar-refractivity contribution in [1.82, 2.24) is 4.98 Å². The molecular weight excluding hydrogens is 292 g/mol. The fourth-order valence-corrected chi connectivity index (χ4v) is 3.23. The average molecular weight is 309 g/mol. The van der Waals surface area contributed by atoms with E-state index in [4.69, 9.17) is 4.98 Å². The predicted octanol–water partition coefficient (Wildman–Crippen LogP) is 5.72. The number of aryl methyl sites for hydroxylation is 1. The highest BCUT2D eigenvalue weighted by Gasteiger charge is 2.46. The van der Waals surface area contributed by atoms with Crippen molar-refractivity contribution in [2.24, 2.45) is 0 Å². The normalized spacial score (nSPS) is 17.2. The van der Waals surface area contributed by atoms with Crippen molar-refractivity contribution in [3.8, 4) is 11.3 Å². The van der Waals surface area contributed by atoms with Crippen molar-refractivity contribution in [1.29, 1.82) is 0 Å². The fraction of sp³-hybridized carbons (Fsp3) is 0.250. The lowest BCUT2D eigenvalue weighted by Gasteiger charge is -2.34. The monoisotopic (exact) mass is 309 g/mol. The van der Waals surface area contributed by atoms with Crippen LogP contribution in [0.15, 0.2) is 54.6 Å². The first-order valence-corrected chi connectivity index (χ1v) is 7.86. The van der Waals surface area contributed by atoms with Crippen molar-refractivity contribution in [3.63, 3.8) is 0 Å². The van der Waals surface area contributed by atoms with E-state index in [-0.39, 0.29) is 18.8 Å². The number of fused-ring (bicyclic) bond motifs is 1. The third-order valence-electron chi connectivity index (χ3n) is 4.59. The first kappa shape index (κ1) is 14.3. The molecule has 1 nitrogen and oxygen atoms in total. The lowest BCUT2D eigenvalue weighted by molar-refractivity contribution is -0.0875. The molecule has 0 amide bonds. The number of pyridine rings is 1. The lowest BCUT2D eigenvalue weighted by atomic mass is 9.78. The second-order valence-corrected chi connectivity index (χ2v) is 6.44. The largest absolute Gasteiger partial charge is 0.252 e. The van der Waals surface area contributed by atoms with Gasteiger partial charge in [-0.25, -0.2) is 8.78 Å². The van der Waals surface area contributed by atoms with Crippen molar-refractivity contribution in [2.45, 2.75) is 31.6 Å². The van der Waals surface area contributed by atoms with Crippen molar-refractivity contribution in [2.75, 3.05) is 0 Å². The van der Waals surface area contributed by atoms with E-state index in [0.717, 1.165) is 27.7 Å². The van der Waals surface area contributed by atoms with Crippen molar-refractivity contribution < 1.29 is 8.78 Å². The maximum atomic E-state index is 13.2. The van der Waals surface area contributed by atoms with Gasteiger partial charge in [-0.05, 0) is 18.4 Å². The van der Waals surface area contributed by atoms with Crippen LogP contribution in [0.4, 0.5) is 8.78 Å². The molecule has 0 spiro atoms. The molecule has 0 N–H and O–H groups in total. The van der Waals surface area contributed by atoms with Crippen LogP contribution in [0.25, 0.3) is 22.0 Å². The Kier molecular flexibility index (Phi) is 3.19. The van der Waals surface area contributed by atoms with E-state index in [9.17, 15) is 8.78 Å². The van der Waals surface area contributed by atoms with E-state index < -0.39 is 5.92 Å². The Balaban J connectivity index is 1.86. The molecule has 0 aliphatic heterocycles. The molecule has 3 aromatic rings. The van der Waals surface area contributed by atoms with Gasteiger partial charge in [0.05, 0.1) is 5.69 Å². The van der Waals surface area contributed by atoms with Gasteiger partial charge in [0.2, 0.25) is 5.92 Å². The Hall–Kier alpha value is -2.29. The molecule has 0 radical (unpaired) electrons. The minimum absolute atomic E-state index is 0.0916. The number of alkyl halides is 2. The summed E-state index contributed by atoms with van der Waals surface area (Å²) in [5.41, 5.74) is 3.88. The van der Waals surface area contributed by atoms with E-state index in [1.165, 1.54) is 5.56 Å². The first-order chi connectivity index (χ1) is 11.0. The summed E-state index contributed by atoms with van der Waals surface area (Å²) in [5, 5.41) is 2.12. The molecule has 1 saturated carbocycles. The van der Waals surface area contributed by atoms with Crippen LogP contribution in [-0.2, 0) is 0 Å². The summed E-state index contributed by atoms with van der Waals surface area (Å²) in [4.78, 5) is 4.76. The summed E-state index contributed by atoms with van der Waals surface area (Å²) in [6.07, 6.45) is -0.183. The van der Waals surface area contributed by atoms with Gasteiger partial charge in [-0.1, -0.05) is 54.1 Å². The molecule has 2 aromatic carbocycles. The van der Waals surface area contributed by atoms with Gasteiger partial charge in [-0.15, -0.1) is 0 Å². The number of rotatable bonds is 2. The van der Waals surface area contributed by atoms with E-state index >= 15 is 0 Å². The molecular formula is C20H17F2N. The molecule has 1 heterocycles. The number of nitrogens with zero attached hydrogens (tertiary/aromatic N) is 1. The van der Waals surface area contributed by atoms with Crippen LogP contribution in [0.2, 0.25) is 0 Å². The second kappa shape index (κ2) is 5.12. The Bertz CT molecular complexity index is 860. The highest BCUT2D eigenvalue weighted by atomic mass is 19.3. The second-order valence-electron chi connectivity index (χ2n) is 6.44. The topological polar surface area (TPSA) is 12.9 Å². The molecule has 0 atom stereocenters. The number of aromatic nitrogens is 1. The summed E-state index contributed by atoms with van der Waals surface area (Å²) < 4.78 is 26.5. The molecule has 3 heteroatoms. The average Bonchev–Trinajstić information content (AvgIpc) is 2.52. The minimum atomic E-state index is -2.53. The molecule has 1 aromatic heterocycles. The van der Waals surface area contributed by atoms with Crippen LogP contribution in [0.1, 0.15) is 30.0 Å². The zero-order valence-electron chi connectivity index (χ0n) is 12.9. The molecule has 1 fully saturated rings. The Labute approximate surface area is 134 Å². The van der Waals surface area contributed by atoms with Crippen molar-refractivity contribution in [3.05, 3.63) is 65.9 Å². The summed E-state index contributed by atoms with van der Waals surface area (Å²) >= 11 is 0. The molecule has 1 aliphatic carbocycles. The zero-order valence-corrected chi connectivity index (χ0v) is 12.9. The zero-order chi connectivity index (χ0) is 16.0. The summed E-state index contributed by atoms with van der Waals surface area (Å²) in [7, 11) is 0. The van der Waals surface area contributed by atoms with E-state index in [2.05, 4.69) is 12.1 Å². The van der Waals surface area contributed by atoms with Crippen LogP contribution >= 0.6 is 0 Å². The molecule has 0 bridgehead atoms. The Morgan fingerprint density at radius 2 is 1.70 bits per heavy atom. The summed E-state index contributed by atoms with van der Waals surface area (Å²) in [6.45, 7) is 2.04. The number of benzene rings is 2. The Morgan fingerprint density at radius 3 is 2.39 bits per heavy atom. The maximum Gasteiger partial charge on any atom is 0.249 e.